The van der Waals surface area contributed by atoms with Crippen molar-refractivity contribution in [3.8, 4) is 0 Å². The molecule has 0 fully saturated rings. The van der Waals surface area contributed by atoms with Gasteiger partial charge in [0.25, 0.3) is 5.91 Å². The zero-order valence-electron chi connectivity index (χ0n) is 9.43. The maximum atomic E-state index is 11.8. The van der Waals surface area contributed by atoms with Gasteiger partial charge in [0, 0.05) is 20.7 Å². The van der Waals surface area contributed by atoms with Crippen molar-refractivity contribution in [3.63, 3.8) is 0 Å². The van der Waals surface area contributed by atoms with Crippen molar-refractivity contribution in [2.45, 2.75) is 0 Å². The number of nitrogens with one attached hydrogen (secondary N) is 1. The highest BCUT2D eigenvalue weighted by atomic mass is 16.5. The normalized spacial score (nSPS) is 9.94. The Labute approximate surface area is 94.4 Å². The Morgan fingerprint density at radius 3 is 2.88 bits per heavy atom. The number of hydrazine groups is 1. The van der Waals surface area contributed by atoms with E-state index in [0.717, 1.165) is 0 Å². The van der Waals surface area contributed by atoms with E-state index in [4.69, 9.17) is 10.6 Å². The molecule has 1 aromatic heterocycles. The molecule has 0 aliphatic carbocycles. The van der Waals surface area contributed by atoms with Gasteiger partial charge in [0.05, 0.1) is 18.5 Å². The lowest BCUT2D eigenvalue weighted by atomic mass is 10.3. The first-order valence-electron chi connectivity index (χ1n) is 4.86. The first-order chi connectivity index (χ1) is 7.69. The van der Waals surface area contributed by atoms with Crippen LogP contribution in [-0.4, -0.2) is 43.1 Å². The molecule has 0 aliphatic rings. The number of nitrogens with two attached hydrogens (primary N) is 1. The molecule has 0 atom stereocenters. The van der Waals surface area contributed by atoms with Gasteiger partial charge in [0.15, 0.2) is 0 Å². The predicted octanol–water partition coefficient (Wildman–Crippen LogP) is 0.0856. The van der Waals surface area contributed by atoms with Gasteiger partial charge in [-0.3, -0.25) is 10.6 Å². The second-order valence-corrected chi connectivity index (χ2v) is 3.30. The summed E-state index contributed by atoms with van der Waals surface area (Å²) in [5.41, 5.74) is 3.50. The maximum absolute atomic E-state index is 11.8. The number of carbonyl (C=O) groups is 1. The molecule has 88 valence electrons. The summed E-state index contributed by atoms with van der Waals surface area (Å²) in [6, 6.07) is 3.32. The van der Waals surface area contributed by atoms with Crippen LogP contribution in [0.15, 0.2) is 18.3 Å². The highest BCUT2D eigenvalue weighted by Gasteiger charge is 2.12. The fourth-order valence-corrected chi connectivity index (χ4v) is 1.13. The Bertz CT molecular complexity index is 339. The van der Waals surface area contributed by atoms with Crippen LogP contribution in [0, 0.1) is 0 Å². The van der Waals surface area contributed by atoms with E-state index in [-0.39, 0.29) is 5.91 Å². The van der Waals surface area contributed by atoms with Crippen LogP contribution in [0.25, 0.3) is 0 Å². The molecule has 0 saturated carbocycles. The number of rotatable bonds is 5. The van der Waals surface area contributed by atoms with Gasteiger partial charge >= 0.3 is 0 Å². The number of pyridine rings is 1. The topological polar surface area (TPSA) is 80.5 Å². The predicted molar refractivity (Wildman–Crippen MR) is 60.9 cm³/mol. The number of nitrogen functional groups attached to an aromatic ring is 1. The van der Waals surface area contributed by atoms with Gasteiger partial charge in [-0.2, -0.15) is 0 Å². The molecule has 1 aromatic rings. The number of nitrogens with zero attached hydrogens (tertiary/aromatic N) is 2. The van der Waals surface area contributed by atoms with Crippen molar-refractivity contribution in [2.24, 2.45) is 5.84 Å². The summed E-state index contributed by atoms with van der Waals surface area (Å²) in [4.78, 5) is 17.4. The third-order valence-corrected chi connectivity index (χ3v) is 2.13. The Kier molecular flexibility index (Phi) is 4.68. The van der Waals surface area contributed by atoms with E-state index in [1.165, 1.54) is 6.20 Å². The number of hydrogen-bond donors (Lipinski definition) is 2. The smallest absolute Gasteiger partial charge is 0.272 e. The van der Waals surface area contributed by atoms with Gasteiger partial charge in [0.2, 0.25) is 0 Å². The molecule has 0 aliphatic heterocycles. The van der Waals surface area contributed by atoms with Gasteiger partial charge < -0.3 is 15.1 Å². The van der Waals surface area contributed by atoms with Crippen molar-refractivity contribution in [1.29, 1.82) is 0 Å². The average Bonchev–Trinajstić information content (AvgIpc) is 2.35. The van der Waals surface area contributed by atoms with Crippen LogP contribution in [0.3, 0.4) is 0 Å². The van der Waals surface area contributed by atoms with Gasteiger partial charge in [0.1, 0.15) is 5.69 Å². The monoisotopic (exact) mass is 224 g/mol. The molecule has 6 heteroatoms. The zero-order chi connectivity index (χ0) is 12.0. The molecule has 1 heterocycles. The van der Waals surface area contributed by atoms with E-state index in [2.05, 4.69) is 10.4 Å². The van der Waals surface area contributed by atoms with Crippen LogP contribution in [0.1, 0.15) is 10.5 Å². The third kappa shape index (κ3) is 3.18. The van der Waals surface area contributed by atoms with Crippen LogP contribution in [0.4, 0.5) is 5.69 Å². The Hall–Kier alpha value is -1.66. The summed E-state index contributed by atoms with van der Waals surface area (Å²) < 4.78 is 4.89. The Balaban J connectivity index is 2.64. The molecule has 0 unspecified atom stereocenters. The van der Waals surface area contributed by atoms with E-state index in [1.54, 1.807) is 31.2 Å². The summed E-state index contributed by atoms with van der Waals surface area (Å²) in [5.74, 6) is 5.06. The van der Waals surface area contributed by atoms with Crippen LogP contribution < -0.4 is 11.3 Å². The largest absolute Gasteiger partial charge is 0.383 e. The molecule has 1 amide bonds. The zero-order valence-corrected chi connectivity index (χ0v) is 9.43. The third-order valence-electron chi connectivity index (χ3n) is 2.13. The van der Waals surface area contributed by atoms with Crippen LogP contribution >= 0.6 is 0 Å². The number of aromatic nitrogens is 1. The average molecular weight is 224 g/mol. The number of carbonyl (C=O) groups excluding carboxylic acids is 1. The lowest BCUT2D eigenvalue weighted by Gasteiger charge is -2.15. The highest BCUT2D eigenvalue weighted by Crippen LogP contribution is 2.05. The lowest BCUT2D eigenvalue weighted by molar-refractivity contribution is 0.0738. The van der Waals surface area contributed by atoms with Gasteiger partial charge in [-0.05, 0) is 12.1 Å². The van der Waals surface area contributed by atoms with E-state index in [1.807, 2.05) is 0 Å². The first kappa shape index (κ1) is 12.4. The van der Waals surface area contributed by atoms with Gasteiger partial charge in [-0.15, -0.1) is 0 Å². The van der Waals surface area contributed by atoms with E-state index < -0.39 is 0 Å². The SMILES string of the molecule is COCCN(C)C(=O)c1ccc(NN)cn1. The molecule has 0 saturated heterocycles. The molecule has 0 radical (unpaired) electrons. The second-order valence-electron chi connectivity index (χ2n) is 3.30. The molecular formula is C10H16N4O2. The number of likely N-dealkylation sites (N-methyl/N-ethyl adjacent to an activating group) is 1. The molecular weight excluding hydrogens is 208 g/mol. The molecule has 1 rings (SSSR count). The Morgan fingerprint density at radius 2 is 2.38 bits per heavy atom. The van der Waals surface area contributed by atoms with Gasteiger partial charge in [-0.1, -0.05) is 0 Å². The summed E-state index contributed by atoms with van der Waals surface area (Å²) in [5, 5.41) is 0. The molecule has 0 bridgehead atoms. The number of ether oxygens (including phenoxy) is 1. The summed E-state index contributed by atoms with van der Waals surface area (Å²) >= 11 is 0. The highest BCUT2D eigenvalue weighted by molar-refractivity contribution is 5.92. The number of hydrogen-bond acceptors (Lipinski definition) is 5. The molecule has 16 heavy (non-hydrogen) atoms. The fourth-order valence-electron chi connectivity index (χ4n) is 1.13. The van der Waals surface area contributed by atoms with Crippen LogP contribution in [0.5, 0.6) is 0 Å². The fraction of sp³-hybridized carbons (Fsp3) is 0.400. The van der Waals surface area contributed by atoms with E-state index >= 15 is 0 Å². The summed E-state index contributed by atoms with van der Waals surface area (Å²) in [7, 11) is 3.30. The number of methoxy groups -OCH3 is 1. The summed E-state index contributed by atoms with van der Waals surface area (Å²) in [6.07, 6.45) is 1.51. The molecule has 0 spiro atoms. The first-order valence-corrected chi connectivity index (χ1v) is 4.86. The number of anilines is 1. The van der Waals surface area contributed by atoms with Crippen LogP contribution in [0.2, 0.25) is 0 Å². The van der Waals surface area contributed by atoms with Crippen molar-refractivity contribution in [3.05, 3.63) is 24.0 Å². The summed E-state index contributed by atoms with van der Waals surface area (Å²) in [6.45, 7) is 1.04. The van der Waals surface area contributed by atoms with Crippen molar-refractivity contribution in [1.82, 2.24) is 9.88 Å². The van der Waals surface area contributed by atoms with Crippen molar-refractivity contribution >= 4 is 11.6 Å². The van der Waals surface area contributed by atoms with Crippen molar-refractivity contribution in [2.75, 3.05) is 32.7 Å². The molecule has 6 nitrogen and oxygen atoms in total. The Morgan fingerprint density at radius 1 is 1.62 bits per heavy atom. The quantitative estimate of drug-likeness (QED) is 0.547. The standard InChI is InChI=1S/C10H16N4O2/c1-14(5-6-16-2)10(15)9-4-3-8(13-11)7-12-9/h3-4,7,13H,5-6,11H2,1-2H3. The van der Waals surface area contributed by atoms with Gasteiger partial charge in [-0.25, -0.2) is 4.98 Å². The maximum Gasteiger partial charge on any atom is 0.272 e. The minimum atomic E-state index is -0.138. The molecule has 3 N–H and O–H groups in total. The minimum Gasteiger partial charge on any atom is -0.383 e. The van der Waals surface area contributed by atoms with Crippen molar-refractivity contribution < 1.29 is 9.53 Å². The minimum absolute atomic E-state index is 0.138. The second kappa shape index (κ2) is 6.04. The number of amides is 1. The van der Waals surface area contributed by atoms with E-state index in [9.17, 15) is 4.79 Å². The lowest BCUT2D eigenvalue weighted by Crippen LogP contribution is -2.30. The van der Waals surface area contributed by atoms with E-state index in [0.29, 0.717) is 24.5 Å². The molecule has 0 aromatic carbocycles. The van der Waals surface area contributed by atoms with Crippen LogP contribution in [-0.2, 0) is 4.74 Å².